The molecule has 2 rings (SSSR count). The smallest absolute Gasteiger partial charge is 0.0757 e. The van der Waals surface area contributed by atoms with Crippen LogP contribution < -0.4 is 0 Å². The van der Waals surface area contributed by atoms with E-state index in [9.17, 15) is 0 Å². The molecule has 0 unspecified atom stereocenters. The van der Waals surface area contributed by atoms with Crippen LogP contribution >= 0.6 is 31.9 Å². The fourth-order valence-corrected chi connectivity index (χ4v) is 2.70. The average molecular weight is 343 g/mol. The summed E-state index contributed by atoms with van der Waals surface area (Å²) in [4.78, 5) is 4.73. The van der Waals surface area contributed by atoms with Crippen molar-refractivity contribution in [2.24, 2.45) is 0 Å². The molecule has 0 bridgehead atoms. The molecule has 1 aromatic carbocycles. The zero-order valence-electron chi connectivity index (χ0n) is 9.35. The van der Waals surface area contributed by atoms with Gasteiger partial charge in [0.2, 0.25) is 0 Å². The fourth-order valence-electron chi connectivity index (χ4n) is 1.80. The average Bonchev–Trinajstić information content (AvgIpc) is 2.25. The zero-order valence-corrected chi connectivity index (χ0v) is 12.5. The van der Waals surface area contributed by atoms with E-state index in [0.29, 0.717) is 0 Å². The van der Waals surface area contributed by atoms with Gasteiger partial charge in [-0.3, -0.25) is 4.98 Å². The number of hydrogen-bond donors (Lipinski definition) is 0. The SMILES string of the molecule is CCCc1cc(Br)c2ccc(Br)c(C)c2n1. The molecule has 0 saturated carbocycles. The van der Waals surface area contributed by atoms with E-state index in [-0.39, 0.29) is 0 Å². The van der Waals surface area contributed by atoms with Crippen LogP contribution in [-0.4, -0.2) is 4.98 Å². The summed E-state index contributed by atoms with van der Waals surface area (Å²) in [5, 5.41) is 1.18. The zero-order chi connectivity index (χ0) is 11.7. The van der Waals surface area contributed by atoms with Crippen molar-refractivity contribution in [1.29, 1.82) is 0 Å². The summed E-state index contributed by atoms with van der Waals surface area (Å²) < 4.78 is 2.25. The van der Waals surface area contributed by atoms with Crippen molar-refractivity contribution >= 4 is 42.8 Å². The second-order valence-corrected chi connectivity index (χ2v) is 5.62. The molecule has 0 aliphatic heterocycles. The van der Waals surface area contributed by atoms with Crippen molar-refractivity contribution in [1.82, 2.24) is 4.98 Å². The summed E-state index contributed by atoms with van der Waals surface area (Å²) in [5.74, 6) is 0. The van der Waals surface area contributed by atoms with Gasteiger partial charge in [0.25, 0.3) is 0 Å². The Hall–Kier alpha value is -0.410. The van der Waals surface area contributed by atoms with Crippen molar-refractivity contribution in [2.75, 3.05) is 0 Å². The van der Waals surface area contributed by atoms with Crippen molar-refractivity contribution in [3.63, 3.8) is 0 Å². The second-order valence-electron chi connectivity index (χ2n) is 3.91. The van der Waals surface area contributed by atoms with Gasteiger partial charge in [-0.2, -0.15) is 0 Å². The third kappa shape index (κ3) is 2.16. The van der Waals surface area contributed by atoms with Crippen LogP contribution in [0.1, 0.15) is 24.6 Å². The molecule has 0 aliphatic rings. The molecule has 0 saturated heterocycles. The highest BCUT2D eigenvalue weighted by atomic mass is 79.9. The van der Waals surface area contributed by atoms with Crippen molar-refractivity contribution in [3.05, 3.63) is 38.4 Å². The van der Waals surface area contributed by atoms with E-state index in [0.717, 1.165) is 33.0 Å². The van der Waals surface area contributed by atoms with E-state index in [1.54, 1.807) is 0 Å². The number of benzene rings is 1. The van der Waals surface area contributed by atoms with Gasteiger partial charge in [0, 0.05) is 20.0 Å². The molecule has 0 amide bonds. The first-order valence-electron chi connectivity index (χ1n) is 5.37. The lowest BCUT2D eigenvalue weighted by Gasteiger charge is -2.08. The number of aryl methyl sites for hydroxylation is 2. The standard InChI is InChI=1S/C13H13Br2N/c1-3-4-9-7-12(15)10-5-6-11(14)8(2)13(10)16-9/h5-7H,3-4H2,1-2H3. The third-order valence-corrected chi connectivity index (χ3v) is 4.19. The van der Waals surface area contributed by atoms with Crippen LogP contribution in [0.25, 0.3) is 10.9 Å². The van der Waals surface area contributed by atoms with Crippen molar-refractivity contribution in [2.45, 2.75) is 26.7 Å². The summed E-state index contributed by atoms with van der Waals surface area (Å²) in [6.45, 7) is 4.27. The van der Waals surface area contributed by atoms with Gasteiger partial charge in [-0.05, 0) is 31.0 Å². The lowest BCUT2D eigenvalue weighted by Crippen LogP contribution is -1.93. The molecule has 1 nitrogen and oxygen atoms in total. The molecular formula is C13H13Br2N. The first kappa shape index (κ1) is 12.1. The number of hydrogen-bond acceptors (Lipinski definition) is 1. The minimum absolute atomic E-state index is 1.03. The summed E-state index contributed by atoms with van der Waals surface area (Å²) in [5.41, 5.74) is 3.45. The van der Waals surface area contributed by atoms with E-state index < -0.39 is 0 Å². The molecule has 1 aromatic heterocycles. The number of nitrogens with zero attached hydrogens (tertiary/aromatic N) is 1. The molecule has 0 aliphatic carbocycles. The number of halogens is 2. The molecule has 0 N–H and O–H groups in total. The minimum atomic E-state index is 1.03. The quantitative estimate of drug-likeness (QED) is 0.746. The van der Waals surface area contributed by atoms with Gasteiger partial charge in [0.15, 0.2) is 0 Å². The van der Waals surface area contributed by atoms with E-state index in [1.165, 1.54) is 10.9 Å². The van der Waals surface area contributed by atoms with Gasteiger partial charge in [-0.1, -0.05) is 51.3 Å². The topological polar surface area (TPSA) is 12.9 Å². The summed E-state index contributed by atoms with van der Waals surface area (Å²) in [7, 11) is 0. The Morgan fingerprint density at radius 2 is 1.94 bits per heavy atom. The molecule has 0 radical (unpaired) electrons. The van der Waals surface area contributed by atoms with Gasteiger partial charge in [-0.15, -0.1) is 0 Å². The van der Waals surface area contributed by atoms with E-state index in [1.807, 2.05) is 0 Å². The molecule has 16 heavy (non-hydrogen) atoms. The summed E-state index contributed by atoms with van der Waals surface area (Å²) in [6.07, 6.45) is 2.15. The molecule has 1 heterocycles. The van der Waals surface area contributed by atoms with Crippen LogP contribution in [0.4, 0.5) is 0 Å². The highest BCUT2D eigenvalue weighted by molar-refractivity contribution is 9.11. The lowest BCUT2D eigenvalue weighted by molar-refractivity contribution is 0.888. The monoisotopic (exact) mass is 341 g/mol. The minimum Gasteiger partial charge on any atom is -0.252 e. The fraction of sp³-hybridized carbons (Fsp3) is 0.308. The maximum atomic E-state index is 4.73. The Bertz CT molecular complexity index is 535. The maximum absolute atomic E-state index is 4.73. The van der Waals surface area contributed by atoms with Gasteiger partial charge < -0.3 is 0 Å². The molecule has 84 valence electrons. The first-order chi connectivity index (χ1) is 7.63. The Morgan fingerprint density at radius 3 is 2.62 bits per heavy atom. The number of rotatable bonds is 2. The Kier molecular flexibility index (Phi) is 3.65. The number of pyridine rings is 1. The van der Waals surface area contributed by atoms with E-state index in [2.05, 4.69) is 63.9 Å². The molecule has 0 spiro atoms. The van der Waals surface area contributed by atoms with Crippen LogP contribution in [0.2, 0.25) is 0 Å². The van der Waals surface area contributed by atoms with Gasteiger partial charge >= 0.3 is 0 Å². The normalized spacial score (nSPS) is 11.0. The first-order valence-corrected chi connectivity index (χ1v) is 6.96. The highest BCUT2D eigenvalue weighted by Gasteiger charge is 2.07. The summed E-state index contributed by atoms with van der Waals surface area (Å²) in [6, 6.07) is 6.29. The van der Waals surface area contributed by atoms with Crippen LogP contribution in [-0.2, 0) is 6.42 Å². The van der Waals surface area contributed by atoms with Gasteiger partial charge in [0.05, 0.1) is 5.52 Å². The van der Waals surface area contributed by atoms with Crippen LogP contribution in [0.3, 0.4) is 0 Å². The van der Waals surface area contributed by atoms with Gasteiger partial charge in [-0.25, -0.2) is 0 Å². The molecule has 3 heteroatoms. The summed E-state index contributed by atoms with van der Waals surface area (Å²) >= 11 is 7.17. The van der Waals surface area contributed by atoms with E-state index in [4.69, 9.17) is 4.98 Å². The van der Waals surface area contributed by atoms with Crippen molar-refractivity contribution in [3.8, 4) is 0 Å². The number of fused-ring (bicyclic) bond motifs is 1. The predicted octanol–water partition coefficient (Wildman–Crippen LogP) is 5.02. The molecule has 0 atom stereocenters. The predicted molar refractivity (Wildman–Crippen MR) is 75.9 cm³/mol. The lowest BCUT2D eigenvalue weighted by atomic mass is 10.1. The Morgan fingerprint density at radius 1 is 1.19 bits per heavy atom. The Labute approximate surface area is 113 Å². The number of aromatic nitrogens is 1. The van der Waals surface area contributed by atoms with Crippen LogP contribution in [0.5, 0.6) is 0 Å². The largest absolute Gasteiger partial charge is 0.252 e. The highest BCUT2D eigenvalue weighted by Crippen LogP contribution is 2.30. The molecule has 2 aromatic rings. The van der Waals surface area contributed by atoms with Crippen LogP contribution in [0.15, 0.2) is 27.1 Å². The maximum Gasteiger partial charge on any atom is 0.0757 e. The van der Waals surface area contributed by atoms with Crippen molar-refractivity contribution < 1.29 is 0 Å². The molecule has 0 fully saturated rings. The molecular weight excluding hydrogens is 330 g/mol. The van der Waals surface area contributed by atoms with E-state index >= 15 is 0 Å². The third-order valence-electron chi connectivity index (χ3n) is 2.68. The van der Waals surface area contributed by atoms with Gasteiger partial charge in [0.1, 0.15) is 0 Å². The second kappa shape index (κ2) is 4.84. The Balaban J connectivity index is 2.73. The van der Waals surface area contributed by atoms with Crippen LogP contribution in [0, 0.1) is 6.92 Å².